The Balaban J connectivity index is 2.18. The summed E-state index contributed by atoms with van der Waals surface area (Å²) in [6, 6.07) is 3.41. The van der Waals surface area contributed by atoms with Gasteiger partial charge in [-0.3, -0.25) is 4.90 Å². The molecule has 0 amide bonds. The molecule has 0 bridgehead atoms. The molecule has 0 spiro atoms. The Labute approximate surface area is 121 Å². The van der Waals surface area contributed by atoms with Crippen molar-refractivity contribution in [3.8, 4) is 0 Å². The van der Waals surface area contributed by atoms with Crippen LogP contribution < -0.4 is 10.6 Å². The van der Waals surface area contributed by atoms with E-state index >= 15 is 0 Å². The van der Waals surface area contributed by atoms with Crippen LogP contribution in [0.25, 0.3) is 0 Å². The summed E-state index contributed by atoms with van der Waals surface area (Å²) >= 11 is 0. The third-order valence-electron chi connectivity index (χ3n) is 4.05. The molecule has 0 aromatic heterocycles. The second-order valence-electron chi connectivity index (χ2n) is 5.78. The fraction of sp³-hybridized carbons (Fsp3) is 0.625. The Morgan fingerprint density at radius 3 is 2.45 bits per heavy atom. The molecule has 112 valence electrons. The number of rotatable bonds is 4. The Kier molecular flexibility index (Phi) is 5.00. The van der Waals surface area contributed by atoms with E-state index in [1.807, 2.05) is 19.9 Å². The molecule has 1 aliphatic rings. The minimum absolute atomic E-state index is 0.145. The van der Waals surface area contributed by atoms with Gasteiger partial charge < -0.3 is 10.6 Å². The Morgan fingerprint density at radius 1 is 1.25 bits per heavy atom. The number of nitrogens with zero attached hydrogens (tertiary/aromatic N) is 2. The summed E-state index contributed by atoms with van der Waals surface area (Å²) in [7, 11) is 0. The number of anilines is 1. The first-order valence-electron chi connectivity index (χ1n) is 7.55. The lowest BCUT2D eigenvalue weighted by Gasteiger charge is -2.37. The predicted octanol–water partition coefficient (Wildman–Crippen LogP) is 2.69. The second kappa shape index (κ2) is 6.55. The Bertz CT molecular complexity index is 451. The second-order valence-corrected chi connectivity index (χ2v) is 5.78. The van der Waals surface area contributed by atoms with Crippen LogP contribution in [0.3, 0.4) is 0 Å². The maximum absolute atomic E-state index is 13.8. The number of hydrogen-bond acceptors (Lipinski definition) is 3. The molecule has 0 unspecified atom stereocenters. The van der Waals surface area contributed by atoms with Crippen LogP contribution in [-0.4, -0.2) is 37.6 Å². The molecule has 0 radical (unpaired) electrons. The topological polar surface area (TPSA) is 32.5 Å². The molecule has 1 aromatic carbocycles. The molecule has 4 heteroatoms. The standard InChI is InChI=1S/C16H26FN3/c1-4-5-19-6-8-20(9-7-19)16-10-12(2)15(17)11-14(16)13(3)18/h10-11,13H,4-9,18H2,1-3H3/t13-/m1/s1. The molecule has 1 aromatic rings. The third-order valence-corrected chi connectivity index (χ3v) is 4.05. The lowest BCUT2D eigenvalue weighted by atomic mass is 10.0. The van der Waals surface area contributed by atoms with Gasteiger partial charge in [0.1, 0.15) is 5.82 Å². The highest BCUT2D eigenvalue weighted by atomic mass is 19.1. The quantitative estimate of drug-likeness (QED) is 0.920. The fourth-order valence-electron chi connectivity index (χ4n) is 2.85. The molecule has 2 N–H and O–H groups in total. The van der Waals surface area contributed by atoms with Crippen LogP contribution in [0.4, 0.5) is 10.1 Å². The van der Waals surface area contributed by atoms with Crippen molar-refractivity contribution in [3.05, 3.63) is 29.1 Å². The predicted molar refractivity (Wildman–Crippen MR) is 82.7 cm³/mol. The van der Waals surface area contributed by atoms with Gasteiger partial charge in [0, 0.05) is 37.9 Å². The van der Waals surface area contributed by atoms with E-state index in [2.05, 4.69) is 16.7 Å². The van der Waals surface area contributed by atoms with Crippen molar-refractivity contribution in [2.24, 2.45) is 5.73 Å². The molecule has 3 nitrogen and oxygen atoms in total. The van der Waals surface area contributed by atoms with Gasteiger partial charge in [-0.15, -0.1) is 0 Å². The number of benzene rings is 1. The first-order valence-corrected chi connectivity index (χ1v) is 7.55. The summed E-state index contributed by atoms with van der Waals surface area (Å²) in [5.74, 6) is -0.161. The van der Waals surface area contributed by atoms with Crippen LogP contribution in [0.2, 0.25) is 0 Å². The van der Waals surface area contributed by atoms with Gasteiger partial charge in [0.15, 0.2) is 0 Å². The van der Waals surface area contributed by atoms with Crippen LogP contribution in [0.15, 0.2) is 12.1 Å². The number of hydrogen-bond donors (Lipinski definition) is 1. The van der Waals surface area contributed by atoms with Gasteiger partial charge in [-0.2, -0.15) is 0 Å². The van der Waals surface area contributed by atoms with E-state index in [1.54, 1.807) is 6.07 Å². The van der Waals surface area contributed by atoms with Crippen LogP contribution in [-0.2, 0) is 0 Å². The van der Waals surface area contributed by atoms with Crippen molar-refractivity contribution in [1.29, 1.82) is 0 Å². The van der Waals surface area contributed by atoms with E-state index in [-0.39, 0.29) is 11.9 Å². The van der Waals surface area contributed by atoms with Crippen molar-refractivity contribution in [2.75, 3.05) is 37.6 Å². The zero-order chi connectivity index (χ0) is 14.7. The molecule has 0 aliphatic carbocycles. The summed E-state index contributed by atoms with van der Waals surface area (Å²) < 4.78 is 13.8. The van der Waals surface area contributed by atoms with Gasteiger partial charge in [0.05, 0.1) is 0 Å². The smallest absolute Gasteiger partial charge is 0.126 e. The summed E-state index contributed by atoms with van der Waals surface area (Å²) in [6.45, 7) is 11.2. The van der Waals surface area contributed by atoms with Gasteiger partial charge in [0.2, 0.25) is 0 Å². The van der Waals surface area contributed by atoms with Crippen molar-refractivity contribution < 1.29 is 4.39 Å². The number of nitrogens with two attached hydrogens (primary N) is 1. The lowest BCUT2D eigenvalue weighted by molar-refractivity contribution is 0.258. The molecule has 1 saturated heterocycles. The maximum Gasteiger partial charge on any atom is 0.126 e. The highest BCUT2D eigenvalue weighted by Gasteiger charge is 2.21. The Hall–Kier alpha value is -1.13. The van der Waals surface area contributed by atoms with E-state index in [0.29, 0.717) is 5.56 Å². The average Bonchev–Trinajstić information content (AvgIpc) is 2.42. The fourth-order valence-corrected chi connectivity index (χ4v) is 2.85. The van der Waals surface area contributed by atoms with Gasteiger partial charge in [-0.25, -0.2) is 4.39 Å². The van der Waals surface area contributed by atoms with E-state index in [0.717, 1.165) is 44.0 Å². The monoisotopic (exact) mass is 279 g/mol. The van der Waals surface area contributed by atoms with Crippen molar-refractivity contribution in [3.63, 3.8) is 0 Å². The third kappa shape index (κ3) is 3.30. The van der Waals surface area contributed by atoms with E-state index in [1.165, 1.54) is 6.42 Å². The van der Waals surface area contributed by atoms with E-state index in [9.17, 15) is 4.39 Å². The number of aryl methyl sites for hydroxylation is 1. The number of halogens is 1. The van der Waals surface area contributed by atoms with Crippen LogP contribution in [0, 0.1) is 12.7 Å². The molecule has 1 aliphatic heterocycles. The minimum Gasteiger partial charge on any atom is -0.369 e. The van der Waals surface area contributed by atoms with E-state index in [4.69, 9.17) is 5.73 Å². The molecule has 1 heterocycles. The van der Waals surface area contributed by atoms with Crippen molar-refractivity contribution in [2.45, 2.75) is 33.2 Å². The van der Waals surface area contributed by atoms with Crippen molar-refractivity contribution >= 4 is 5.69 Å². The molecule has 2 rings (SSSR count). The number of piperazine rings is 1. The molecular formula is C16H26FN3. The summed E-state index contributed by atoms with van der Waals surface area (Å²) in [4.78, 5) is 4.83. The Morgan fingerprint density at radius 2 is 1.90 bits per heavy atom. The highest BCUT2D eigenvalue weighted by Crippen LogP contribution is 2.29. The molecule has 1 atom stereocenters. The van der Waals surface area contributed by atoms with Crippen molar-refractivity contribution in [1.82, 2.24) is 4.90 Å². The average molecular weight is 279 g/mol. The van der Waals surface area contributed by atoms with Crippen LogP contribution >= 0.6 is 0 Å². The molecule has 1 fully saturated rings. The molecule has 20 heavy (non-hydrogen) atoms. The highest BCUT2D eigenvalue weighted by molar-refractivity contribution is 5.57. The van der Waals surface area contributed by atoms with Gasteiger partial charge in [0.25, 0.3) is 0 Å². The summed E-state index contributed by atoms with van der Waals surface area (Å²) in [6.07, 6.45) is 1.20. The largest absolute Gasteiger partial charge is 0.369 e. The first-order chi connectivity index (χ1) is 9.52. The zero-order valence-corrected chi connectivity index (χ0v) is 12.8. The SMILES string of the molecule is CCCN1CCN(c2cc(C)c(F)cc2[C@@H](C)N)CC1. The minimum atomic E-state index is -0.161. The van der Waals surface area contributed by atoms with Crippen LogP contribution in [0.5, 0.6) is 0 Å². The zero-order valence-electron chi connectivity index (χ0n) is 12.8. The van der Waals surface area contributed by atoms with Gasteiger partial charge in [-0.05, 0) is 50.1 Å². The first kappa shape index (κ1) is 15.3. The summed E-state index contributed by atoms with van der Waals surface area (Å²) in [5.41, 5.74) is 8.73. The maximum atomic E-state index is 13.8. The molecular weight excluding hydrogens is 253 g/mol. The van der Waals surface area contributed by atoms with Gasteiger partial charge >= 0.3 is 0 Å². The van der Waals surface area contributed by atoms with Crippen LogP contribution in [0.1, 0.15) is 37.4 Å². The normalized spacial score (nSPS) is 18.4. The van der Waals surface area contributed by atoms with E-state index < -0.39 is 0 Å². The summed E-state index contributed by atoms with van der Waals surface area (Å²) in [5, 5.41) is 0. The lowest BCUT2D eigenvalue weighted by Crippen LogP contribution is -2.47. The molecule has 0 saturated carbocycles. The van der Waals surface area contributed by atoms with Gasteiger partial charge in [-0.1, -0.05) is 6.92 Å².